The second-order valence-electron chi connectivity index (χ2n) is 10.6. The number of aliphatic carboxylic acids is 1. The number of hydrogen-bond donors (Lipinski definition) is 2. The number of ketones is 2. The minimum Gasteiger partial charge on any atom is -0.550 e. The smallest absolute Gasteiger partial charge is 0.550 e. The van der Waals surface area contributed by atoms with Gasteiger partial charge in [-0.25, -0.2) is 0 Å². The van der Waals surface area contributed by atoms with Crippen molar-refractivity contribution in [2.75, 3.05) is 6.61 Å². The maximum Gasteiger partial charge on any atom is 1.00 e. The van der Waals surface area contributed by atoms with E-state index < -0.39 is 59.7 Å². The summed E-state index contributed by atoms with van der Waals surface area (Å²) in [6.07, 6.45) is 6.04. The predicted octanol–water partition coefficient (Wildman–Crippen LogP) is -2.36. The number of rotatable bonds is 6. The Morgan fingerprint density at radius 1 is 1.21 bits per heavy atom. The van der Waals surface area contributed by atoms with Crippen LogP contribution in [0, 0.1) is 28.6 Å². The van der Waals surface area contributed by atoms with Crippen molar-refractivity contribution in [3.63, 3.8) is 0 Å². The van der Waals surface area contributed by atoms with Crippen LogP contribution in [0.15, 0.2) is 23.8 Å². The molecule has 0 radical (unpaired) electrons. The third-order valence-electron chi connectivity index (χ3n) is 9.01. The monoisotopic (exact) mass is 482 g/mol. The molecule has 0 spiro atoms. The van der Waals surface area contributed by atoms with Crippen LogP contribution in [0.5, 0.6) is 0 Å². The zero-order valence-electron chi connectivity index (χ0n) is 20.0. The summed E-state index contributed by atoms with van der Waals surface area (Å²) in [4.78, 5) is 47.2. The first kappa shape index (κ1) is 27.3. The SMILES string of the molecule is C[C@]12C=CC(=O)C=C1CC[C@H]1[C@H]2[C@@H](O)C[C@@]2(C)[C@@H]1CC[C@@]2(O)C(=O)COC(=O)CCC(=O)[O-].[Na+]. The Morgan fingerprint density at radius 3 is 2.59 bits per heavy atom. The van der Waals surface area contributed by atoms with Gasteiger partial charge in [0.05, 0.1) is 12.5 Å². The second-order valence-corrected chi connectivity index (χ2v) is 10.6. The van der Waals surface area contributed by atoms with E-state index in [0.29, 0.717) is 6.42 Å². The van der Waals surface area contributed by atoms with Crippen LogP contribution in [-0.2, 0) is 23.9 Å². The summed E-state index contributed by atoms with van der Waals surface area (Å²) < 4.78 is 4.94. The van der Waals surface area contributed by atoms with Crippen LogP contribution in [0.4, 0.5) is 0 Å². The van der Waals surface area contributed by atoms with E-state index >= 15 is 0 Å². The molecule has 34 heavy (non-hydrogen) atoms. The van der Waals surface area contributed by atoms with Crippen molar-refractivity contribution in [1.29, 1.82) is 0 Å². The quantitative estimate of drug-likeness (QED) is 0.317. The average Bonchev–Trinajstić information content (AvgIpc) is 3.02. The standard InChI is InChI=1S/C25H32O8.Na/c1-23-9-7-15(26)11-14(23)3-4-16-17-8-10-25(32,24(17,2)12-18(27)22(16)23)19(28)13-33-21(31)6-5-20(29)30;/h7,9,11,16-18,22,27,32H,3-6,8,10,12-13H2,1-2H3,(H,29,30);/q;+1/p-1/t16-,17-,18+,22+,23+,24+,25-;/m1./s1. The summed E-state index contributed by atoms with van der Waals surface area (Å²) in [6, 6.07) is 0. The number of ether oxygens (including phenoxy) is 1. The second kappa shape index (κ2) is 9.62. The van der Waals surface area contributed by atoms with E-state index in [1.807, 2.05) is 13.0 Å². The van der Waals surface area contributed by atoms with Gasteiger partial charge in [-0.05, 0) is 62.5 Å². The molecule has 0 unspecified atom stereocenters. The molecule has 4 rings (SSSR count). The van der Waals surface area contributed by atoms with Crippen LogP contribution >= 0.6 is 0 Å². The van der Waals surface area contributed by atoms with Gasteiger partial charge in [-0.2, -0.15) is 0 Å². The zero-order valence-corrected chi connectivity index (χ0v) is 22.0. The fourth-order valence-corrected chi connectivity index (χ4v) is 7.33. The summed E-state index contributed by atoms with van der Waals surface area (Å²) in [5.41, 5.74) is -2.02. The molecule has 4 aliphatic rings. The maximum absolute atomic E-state index is 13.1. The summed E-state index contributed by atoms with van der Waals surface area (Å²) in [5.74, 6) is -2.91. The van der Waals surface area contributed by atoms with Crippen LogP contribution < -0.4 is 34.7 Å². The number of allylic oxidation sites excluding steroid dienone is 4. The van der Waals surface area contributed by atoms with Gasteiger partial charge in [0.15, 0.2) is 12.4 Å². The molecule has 0 bridgehead atoms. The third-order valence-corrected chi connectivity index (χ3v) is 9.01. The van der Waals surface area contributed by atoms with Crippen LogP contribution in [-0.4, -0.2) is 52.0 Å². The molecule has 0 amide bonds. The van der Waals surface area contributed by atoms with Crippen molar-refractivity contribution in [3.8, 4) is 0 Å². The van der Waals surface area contributed by atoms with Gasteiger partial charge in [-0.3, -0.25) is 14.4 Å². The predicted molar refractivity (Wildman–Crippen MR) is 113 cm³/mol. The van der Waals surface area contributed by atoms with E-state index in [0.717, 1.165) is 18.4 Å². The number of fused-ring (bicyclic) bond motifs is 5. The fraction of sp³-hybridized carbons (Fsp3) is 0.680. The molecular formula is C25H31NaO8. The Bertz CT molecular complexity index is 957. The topological polar surface area (TPSA) is 141 Å². The molecular weight excluding hydrogens is 451 g/mol. The number of carbonyl (C=O) groups is 4. The molecule has 9 heteroatoms. The first-order chi connectivity index (χ1) is 15.4. The van der Waals surface area contributed by atoms with Gasteiger partial charge in [-0.1, -0.05) is 25.5 Å². The zero-order chi connectivity index (χ0) is 24.2. The largest absolute Gasteiger partial charge is 1.00 e. The summed E-state index contributed by atoms with van der Waals surface area (Å²) in [5, 5.41) is 33.4. The van der Waals surface area contributed by atoms with Crippen LogP contribution in [0.3, 0.4) is 0 Å². The molecule has 7 atom stereocenters. The van der Waals surface area contributed by atoms with E-state index in [1.54, 1.807) is 12.2 Å². The number of esters is 1. The Labute approximate surface area is 221 Å². The molecule has 0 aromatic rings. The van der Waals surface area contributed by atoms with Crippen molar-refractivity contribution in [2.24, 2.45) is 28.6 Å². The van der Waals surface area contributed by atoms with Gasteiger partial charge in [0.2, 0.25) is 5.78 Å². The first-order valence-electron chi connectivity index (χ1n) is 11.7. The Balaban J connectivity index is 0.00000324. The van der Waals surface area contributed by atoms with Crippen molar-refractivity contribution in [3.05, 3.63) is 23.8 Å². The summed E-state index contributed by atoms with van der Waals surface area (Å²) in [7, 11) is 0. The number of Topliss-reactive ketones (excluding diaryl/α,β-unsaturated/α-hetero) is 1. The van der Waals surface area contributed by atoms with E-state index in [2.05, 4.69) is 6.92 Å². The Kier molecular flexibility index (Phi) is 7.71. The number of carboxylic acids is 1. The first-order valence-corrected chi connectivity index (χ1v) is 11.7. The van der Waals surface area contributed by atoms with Gasteiger partial charge in [0.25, 0.3) is 0 Å². The van der Waals surface area contributed by atoms with E-state index in [-0.39, 0.29) is 65.9 Å². The summed E-state index contributed by atoms with van der Waals surface area (Å²) in [6.45, 7) is 3.26. The molecule has 0 saturated heterocycles. The van der Waals surface area contributed by atoms with E-state index in [9.17, 15) is 34.5 Å². The number of aliphatic hydroxyl groups excluding tert-OH is 1. The maximum atomic E-state index is 13.1. The van der Waals surface area contributed by atoms with Crippen LogP contribution in [0.25, 0.3) is 0 Å². The van der Waals surface area contributed by atoms with Crippen LogP contribution in [0.2, 0.25) is 0 Å². The molecule has 0 aliphatic heterocycles. The molecule has 0 aromatic carbocycles. The molecule has 4 aliphatic carbocycles. The Hall–Kier alpha value is -1.32. The average molecular weight is 483 g/mol. The minimum atomic E-state index is -1.74. The molecule has 0 aromatic heterocycles. The number of carbonyl (C=O) groups excluding carboxylic acids is 4. The van der Waals surface area contributed by atoms with Crippen molar-refractivity contribution in [2.45, 2.75) is 70.5 Å². The number of hydrogen-bond acceptors (Lipinski definition) is 8. The summed E-state index contributed by atoms with van der Waals surface area (Å²) >= 11 is 0. The van der Waals surface area contributed by atoms with Gasteiger partial charge < -0.3 is 24.9 Å². The third kappa shape index (κ3) is 4.26. The van der Waals surface area contributed by atoms with Gasteiger partial charge in [0.1, 0.15) is 5.60 Å². The molecule has 2 N–H and O–H groups in total. The minimum absolute atomic E-state index is 0. The van der Waals surface area contributed by atoms with E-state index in [1.165, 1.54) is 0 Å². The van der Waals surface area contributed by atoms with E-state index in [4.69, 9.17) is 4.74 Å². The van der Waals surface area contributed by atoms with Crippen molar-refractivity contribution < 1.29 is 68.8 Å². The fourth-order valence-electron chi connectivity index (χ4n) is 7.33. The van der Waals surface area contributed by atoms with Gasteiger partial charge in [-0.15, -0.1) is 0 Å². The Morgan fingerprint density at radius 2 is 1.91 bits per heavy atom. The molecule has 180 valence electrons. The van der Waals surface area contributed by atoms with Gasteiger partial charge in [0, 0.05) is 22.7 Å². The van der Waals surface area contributed by atoms with Crippen molar-refractivity contribution >= 4 is 23.5 Å². The van der Waals surface area contributed by atoms with Gasteiger partial charge >= 0.3 is 35.5 Å². The normalized spacial score (nSPS) is 40.2. The molecule has 0 heterocycles. The molecule has 3 fully saturated rings. The van der Waals surface area contributed by atoms with Crippen molar-refractivity contribution in [1.82, 2.24) is 0 Å². The number of aliphatic hydroxyl groups is 2. The number of carboxylic acid groups (broad SMARTS) is 1. The molecule has 3 saturated carbocycles. The van der Waals surface area contributed by atoms with Crippen LogP contribution in [0.1, 0.15) is 58.8 Å². The molecule has 8 nitrogen and oxygen atoms in total.